The Labute approximate surface area is 218 Å². The number of amides is 1. The maximum absolute atomic E-state index is 13.5. The van der Waals surface area contributed by atoms with Crippen molar-refractivity contribution in [2.75, 3.05) is 30.9 Å². The molecule has 1 unspecified atom stereocenters. The van der Waals surface area contributed by atoms with Crippen molar-refractivity contribution in [3.05, 3.63) is 66.7 Å². The molecular formula is C27H33N3O6S. The van der Waals surface area contributed by atoms with Gasteiger partial charge in [0, 0.05) is 5.69 Å². The lowest BCUT2D eigenvalue weighted by molar-refractivity contribution is 0.132. The minimum absolute atomic E-state index is 0.00360. The highest BCUT2D eigenvalue weighted by Crippen LogP contribution is 2.33. The Kier molecular flexibility index (Phi) is 8.54. The van der Waals surface area contributed by atoms with Gasteiger partial charge in [0.05, 0.1) is 25.9 Å². The summed E-state index contributed by atoms with van der Waals surface area (Å²) in [5.74, 6) is 0.875. The lowest BCUT2D eigenvalue weighted by Gasteiger charge is -2.31. The van der Waals surface area contributed by atoms with Crippen molar-refractivity contribution in [2.45, 2.75) is 31.7 Å². The molecule has 1 amide bonds. The molecule has 4 N–H and O–H groups in total. The number of carbonyl (C=O) groups excluding carboxylic acids is 1. The van der Waals surface area contributed by atoms with E-state index in [0.29, 0.717) is 22.7 Å². The van der Waals surface area contributed by atoms with Crippen LogP contribution in [0.1, 0.15) is 20.8 Å². The van der Waals surface area contributed by atoms with E-state index < -0.39 is 16.1 Å². The summed E-state index contributed by atoms with van der Waals surface area (Å²) in [7, 11) is -1.02. The highest BCUT2D eigenvalue weighted by atomic mass is 32.2. The molecule has 3 aromatic carbocycles. The molecule has 3 rings (SSSR count). The average Bonchev–Trinajstić information content (AvgIpc) is 2.85. The Balaban J connectivity index is 1.90. The molecule has 0 bridgehead atoms. The summed E-state index contributed by atoms with van der Waals surface area (Å²) in [5.41, 5.74) is 7.34. The van der Waals surface area contributed by atoms with Crippen molar-refractivity contribution in [2.24, 2.45) is 11.1 Å². The normalized spacial score (nSPS) is 12.4. The predicted molar refractivity (Wildman–Crippen MR) is 145 cm³/mol. The molecule has 0 saturated carbocycles. The smallest absolute Gasteiger partial charge is 0.404 e. The van der Waals surface area contributed by atoms with E-state index in [1.807, 2.05) is 45.0 Å². The van der Waals surface area contributed by atoms with Crippen LogP contribution in [0, 0.1) is 5.41 Å². The van der Waals surface area contributed by atoms with E-state index in [1.165, 1.54) is 7.11 Å². The fourth-order valence-electron chi connectivity index (χ4n) is 3.63. The summed E-state index contributed by atoms with van der Waals surface area (Å²) in [4.78, 5) is 11.1. The number of hydrogen-bond acceptors (Lipinski definition) is 7. The van der Waals surface area contributed by atoms with Crippen LogP contribution in [0.5, 0.6) is 11.5 Å². The highest BCUT2D eigenvalue weighted by Gasteiger charge is 2.26. The molecule has 0 aliphatic heterocycles. The van der Waals surface area contributed by atoms with Gasteiger partial charge in [-0.2, -0.15) is 0 Å². The summed E-state index contributed by atoms with van der Waals surface area (Å²) >= 11 is 0. The SMILES string of the molecule is COc1cccc(-c2ccc(OC)c(S(=O)(=O)Nc3cccc(NC(COC(N)=O)C(C)(C)C)c3)c2)c1. The number of ether oxygens (including phenoxy) is 3. The van der Waals surface area contributed by atoms with Crippen molar-refractivity contribution < 1.29 is 27.4 Å². The second-order valence-corrected chi connectivity index (χ2v) is 11.1. The Morgan fingerprint density at radius 3 is 2.24 bits per heavy atom. The third-order valence-corrected chi connectivity index (χ3v) is 7.15. The van der Waals surface area contributed by atoms with Gasteiger partial charge in [-0.15, -0.1) is 0 Å². The minimum Gasteiger partial charge on any atom is -0.497 e. The summed E-state index contributed by atoms with van der Waals surface area (Å²) in [6.45, 7) is 6.03. The van der Waals surface area contributed by atoms with E-state index in [0.717, 1.165) is 5.56 Å². The second kappa shape index (κ2) is 11.4. The van der Waals surface area contributed by atoms with Crippen LogP contribution in [0.15, 0.2) is 71.6 Å². The number of nitrogens with two attached hydrogens (primary N) is 1. The zero-order valence-corrected chi connectivity index (χ0v) is 22.4. The molecule has 1 atom stereocenters. The molecule has 3 aromatic rings. The largest absolute Gasteiger partial charge is 0.497 e. The third-order valence-electron chi connectivity index (χ3n) is 5.75. The molecule has 0 saturated heterocycles. The summed E-state index contributed by atoms with van der Waals surface area (Å²) in [6.07, 6.45) is -0.859. The van der Waals surface area contributed by atoms with Crippen LogP contribution < -0.4 is 25.2 Å². The third kappa shape index (κ3) is 7.29. The zero-order valence-electron chi connectivity index (χ0n) is 21.6. The lowest BCUT2D eigenvalue weighted by Crippen LogP contribution is -2.39. The molecule has 0 aliphatic carbocycles. The number of sulfonamides is 1. The van der Waals surface area contributed by atoms with Crippen molar-refractivity contribution in [3.8, 4) is 22.6 Å². The van der Waals surface area contributed by atoms with Gasteiger partial charge in [-0.25, -0.2) is 13.2 Å². The molecule has 37 heavy (non-hydrogen) atoms. The molecule has 198 valence electrons. The molecule has 0 radical (unpaired) electrons. The van der Waals surface area contributed by atoms with Gasteiger partial charge in [0.1, 0.15) is 23.0 Å². The van der Waals surface area contributed by atoms with Crippen molar-refractivity contribution in [1.82, 2.24) is 0 Å². The number of benzene rings is 3. The van der Waals surface area contributed by atoms with Gasteiger partial charge in [0.15, 0.2) is 0 Å². The number of hydrogen-bond donors (Lipinski definition) is 3. The van der Waals surface area contributed by atoms with Gasteiger partial charge in [-0.05, 0) is 59.0 Å². The van der Waals surface area contributed by atoms with Crippen LogP contribution in [-0.4, -0.2) is 41.4 Å². The van der Waals surface area contributed by atoms with Gasteiger partial charge >= 0.3 is 6.09 Å². The second-order valence-electron chi connectivity index (χ2n) is 9.48. The van der Waals surface area contributed by atoms with Crippen LogP contribution in [0.2, 0.25) is 0 Å². The maximum atomic E-state index is 13.5. The van der Waals surface area contributed by atoms with Crippen LogP contribution >= 0.6 is 0 Å². The molecule has 0 aromatic heterocycles. The first-order chi connectivity index (χ1) is 17.4. The van der Waals surface area contributed by atoms with Crippen LogP contribution in [-0.2, 0) is 14.8 Å². The summed E-state index contributed by atoms with van der Waals surface area (Å²) in [5, 5.41) is 3.30. The van der Waals surface area contributed by atoms with Gasteiger partial charge in [-0.3, -0.25) is 4.72 Å². The Bertz CT molecular complexity index is 1350. The number of anilines is 2. The van der Waals surface area contributed by atoms with E-state index in [4.69, 9.17) is 19.9 Å². The molecule has 0 spiro atoms. The fourth-order valence-corrected chi connectivity index (χ4v) is 4.87. The molecule has 0 fully saturated rings. The number of rotatable bonds is 10. The van der Waals surface area contributed by atoms with E-state index in [1.54, 1.807) is 49.6 Å². The topological polar surface area (TPSA) is 129 Å². The van der Waals surface area contributed by atoms with Crippen molar-refractivity contribution >= 4 is 27.5 Å². The molecule has 9 nitrogen and oxygen atoms in total. The van der Waals surface area contributed by atoms with Gasteiger partial charge in [-0.1, -0.05) is 45.0 Å². The van der Waals surface area contributed by atoms with E-state index in [9.17, 15) is 13.2 Å². The Morgan fingerprint density at radius 1 is 0.919 bits per heavy atom. The highest BCUT2D eigenvalue weighted by molar-refractivity contribution is 7.92. The van der Waals surface area contributed by atoms with Gasteiger partial charge < -0.3 is 25.3 Å². The van der Waals surface area contributed by atoms with E-state index >= 15 is 0 Å². The average molecular weight is 528 g/mol. The molecule has 10 heteroatoms. The van der Waals surface area contributed by atoms with Crippen LogP contribution in [0.3, 0.4) is 0 Å². The molecular weight excluding hydrogens is 494 g/mol. The maximum Gasteiger partial charge on any atom is 0.404 e. The Hall–Kier alpha value is -3.92. The minimum atomic E-state index is -4.02. The van der Waals surface area contributed by atoms with Crippen LogP contribution in [0.4, 0.5) is 16.2 Å². The fraction of sp³-hybridized carbons (Fsp3) is 0.296. The van der Waals surface area contributed by atoms with Crippen LogP contribution in [0.25, 0.3) is 11.1 Å². The predicted octanol–water partition coefficient (Wildman–Crippen LogP) is 5.09. The number of nitrogens with one attached hydrogen (secondary N) is 2. The lowest BCUT2D eigenvalue weighted by atomic mass is 9.87. The summed E-state index contributed by atoms with van der Waals surface area (Å²) < 4.78 is 45.2. The van der Waals surface area contributed by atoms with E-state index in [-0.39, 0.29) is 28.7 Å². The van der Waals surface area contributed by atoms with Crippen molar-refractivity contribution in [1.29, 1.82) is 0 Å². The van der Waals surface area contributed by atoms with Crippen molar-refractivity contribution in [3.63, 3.8) is 0 Å². The molecule has 0 aliphatic rings. The first-order valence-corrected chi connectivity index (χ1v) is 13.1. The Morgan fingerprint density at radius 2 is 1.59 bits per heavy atom. The number of primary amides is 1. The zero-order chi connectivity index (χ0) is 27.2. The first kappa shape index (κ1) is 27.7. The first-order valence-electron chi connectivity index (χ1n) is 11.6. The number of carbonyl (C=O) groups is 1. The number of methoxy groups -OCH3 is 2. The quantitative estimate of drug-likeness (QED) is 0.335. The summed E-state index contributed by atoms with van der Waals surface area (Å²) in [6, 6.07) is 18.9. The van der Waals surface area contributed by atoms with Gasteiger partial charge in [0.25, 0.3) is 10.0 Å². The van der Waals surface area contributed by atoms with E-state index in [2.05, 4.69) is 10.0 Å². The standard InChI is InChI=1S/C27H33N3O6S/c1-27(2,3)25(17-36-26(28)31)29-20-9-7-10-21(16-20)30-37(32,33)24-15-19(12-13-23(24)35-5)18-8-6-11-22(14-18)34-4/h6-16,25,29-30H,17H2,1-5H3,(H2,28,31). The molecule has 0 heterocycles. The monoisotopic (exact) mass is 527 g/mol. The van der Waals surface area contributed by atoms with Gasteiger partial charge in [0.2, 0.25) is 0 Å².